The minimum absolute atomic E-state index is 0.332. The fourth-order valence-electron chi connectivity index (χ4n) is 4.25. The van der Waals surface area contributed by atoms with E-state index in [0.29, 0.717) is 18.1 Å². The van der Waals surface area contributed by atoms with E-state index < -0.39 is 0 Å². The zero-order valence-electron chi connectivity index (χ0n) is 15.5. The van der Waals surface area contributed by atoms with Gasteiger partial charge in [0, 0.05) is 31.1 Å². The molecule has 2 aromatic heterocycles. The summed E-state index contributed by atoms with van der Waals surface area (Å²) in [7, 11) is 1.92. The third-order valence-electron chi connectivity index (χ3n) is 5.59. The van der Waals surface area contributed by atoms with Crippen LogP contribution in [0.15, 0.2) is 42.7 Å². The van der Waals surface area contributed by atoms with Gasteiger partial charge in [0.1, 0.15) is 11.5 Å². The standard InChI is InChI=1S/C20H24N6O/c1-25-13-16(12-22-25)26-20(23-19(24-26)14-5-3-2-4-6-14)15-7-8-18-17(11-15)21-9-10-27-18/h2-6,12-13,15,17-18,21H,7-11H2,1H3/t15-,17+,18+/m0/s1. The number of ether oxygens (including phenoxy) is 1. The summed E-state index contributed by atoms with van der Waals surface area (Å²) < 4.78 is 9.72. The third-order valence-corrected chi connectivity index (χ3v) is 5.59. The van der Waals surface area contributed by atoms with Crippen molar-refractivity contribution >= 4 is 0 Å². The second-order valence-corrected chi connectivity index (χ2v) is 7.42. The molecule has 0 bridgehead atoms. The van der Waals surface area contributed by atoms with Gasteiger partial charge in [0.15, 0.2) is 5.82 Å². The number of rotatable bonds is 3. The van der Waals surface area contributed by atoms with Gasteiger partial charge in [-0.2, -0.15) is 5.10 Å². The van der Waals surface area contributed by atoms with Crippen molar-refractivity contribution in [2.45, 2.75) is 37.3 Å². The molecule has 2 fully saturated rings. The Morgan fingerprint density at radius 2 is 2.07 bits per heavy atom. The van der Waals surface area contributed by atoms with Crippen molar-refractivity contribution in [1.29, 1.82) is 0 Å². The predicted molar refractivity (Wildman–Crippen MR) is 102 cm³/mol. The first-order valence-corrected chi connectivity index (χ1v) is 9.64. The van der Waals surface area contributed by atoms with Crippen LogP contribution < -0.4 is 5.32 Å². The smallest absolute Gasteiger partial charge is 0.181 e. The third kappa shape index (κ3) is 3.17. The predicted octanol–water partition coefficient (Wildman–Crippen LogP) is 2.29. The van der Waals surface area contributed by atoms with Crippen LogP contribution >= 0.6 is 0 Å². The number of hydrogen-bond acceptors (Lipinski definition) is 5. The lowest BCUT2D eigenvalue weighted by atomic mass is 9.82. The van der Waals surface area contributed by atoms with Gasteiger partial charge in [-0.3, -0.25) is 4.68 Å². The van der Waals surface area contributed by atoms with Crippen LogP contribution in [0, 0.1) is 0 Å². The maximum atomic E-state index is 5.94. The summed E-state index contributed by atoms with van der Waals surface area (Å²) in [5.74, 6) is 2.14. The molecule has 7 nitrogen and oxygen atoms in total. The van der Waals surface area contributed by atoms with Crippen molar-refractivity contribution in [3.8, 4) is 17.1 Å². The Bertz CT molecular complexity index is 918. The van der Waals surface area contributed by atoms with Crippen LogP contribution in [0.3, 0.4) is 0 Å². The largest absolute Gasteiger partial charge is 0.375 e. The van der Waals surface area contributed by atoms with Crippen molar-refractivity contribution in [1.82, 2.24) is 29.9 Å². The van der Waals surface area contributed by atoms with E-state index in [1.807, 2.05) is 42.3 Å². The Labute approximate surface area is 158 Å². The van der Waals surface area contributed by atoms with E-state index in [4.69, 9.17) is 14.8 Å². The molecule has 1 aliphatic heterocycles. The van der Waals surface area contributed by atoms with E-state index in [9.17, 15) is 0 Å². The minimum Gasteiger partial charge on any atom is -0.375 e. The van der Waals surface area contributed by atoms with Crippen LogP contribution in [0.1, 0.15) is 31.0 Å². The van der Waals surface area contributed by atoms with E-state index in [-0.39, 0.29) is 0 Å². The summed E-state index contributed by atoms with van der Waals surface area (Å²) in [5, 5.41) is 12.8. The SMILES string of the molecule is Cn1cc(-n2nc(-c3ccccc3)nc2[C@H]2CC[C@H]3OCCN[C@@H]3C2)cn1. The van der Waals surface area contributed by atoms with Gasteiger partial charge in [-0.05, 0) is 19.3 Å². The molecule has 140 valence electrons. The Kier molecular flexibility index (Phi) is 4.26. The van der Waals surface area contributed by atoms with E-state index in [1.165, 1.54) is 0 Å². The Morgan fingerprint density at radius 3 is 2.89 bits per heavy atom. The number of aryl methyl sites for hydroxylation is 1. The molecule has 7 heteroatoms. The van der Waals surface area contributed by atoms with Gasteiger partial charge in [-0.15, -0.1) is 5.10 Å². The second kappa shape index (κ2) is 6.90. The number of nitrogens with zero attached hydrogens (tertiary/aromatic N) is 5. The van der Waals surface area contributed by atoms with Crippen LogP contribution in [0.2, 0.25) is 0 Å². The zero-order valence-corrected chi connectivity index (χ0v) is 15.5. The molecule has 0 unspecified atom stereocenters. The normalized spacial score (nSPS) is 25.3. The van der Waals surface area contributed by atoms with Crippen molar-refractivity contribution < 1.29 is 4.74 Å². The van der Waals surface area contributed by atoms with Gasteiger partial charge in [-0.1, -0.05) is 30.3 Å². The zero-order chi connectivity index (χ0) is 18.2. The van der Waals surface area contributed by atoms with Crippen LogP contribution in [0.5, 0.6) is 0 Å². The molecule has 1 saturated carbocycles. The van der Waals surface area contributed by atoms with E-state index >= 15 is 0 Å². The quantitative estimate of drug-likeness (QED) is 0.772. The van der Waals surface area contributed by atoms with Crippen LogP contribution in [-0.2, 0) is 11.8 Å². The summed E-state index contributed by atoms with van der Waals surface area (Å²) in [5.41, 5.74) is 1.99. The maximum absolute atomic E-state index is 5.94. The molecule has 0 radical (unpaired) electrons. The maximum Gasteiger partial charge on any atom is 0.181 e. The van der Waals surface area contributed by atoms with Gasteiger partial charge in [0.25, 0.3) is 0 Å². The second-order valence-electron chi connectivity index (χ2n) is 7.42. The van der Waals surface area contributed by atoms with Crippen LogP contribution in [-0.4, -0.2) is 49.8 Å². The van der Waals surface area contributed by atoms with E-state index in [1.54, 1.807) is 4.68 Å². The molecule has 3 heterocycles. The van der Waals surface area contributed by atoms with Gasteiger partial charge >= 0.3 is 0 Å². The first kappa shape index (κ1) is 16.6. The fraction of sp³-hybridized carbons (Fsp3) is 0.450. The summed E-state index contributed by atoms with van der Waals surface area (Å²) >= 11 is 0. The molecule has 1 N–H and O–H groups in total. The molecule has 27 heavy (non-hydrogen) atoms. The Hall–Kier alpha value is -2.51. The van der Waals surface area contributed by atoms with E-state index in [0.717, 1.165) is 55.3 Å². The van der Waals surface area contributed by atoms with Crippen molar-refractivity contribution in [2.24, 2.45) is 7.05 Å². The minimum atomic E-state index is 0.332. The average Bonchev–Trinajstić information content (AvgIpc) is 3.35. The fourth-order valence-corrected chi connectivity index (χ4v) is 4.25. The highest BCUT2D eigenvalue weighted by Gasteiger charge is 2.36. The molecule has 2 aliphatic rings. The highest BCUT2D eigenvalue weighted by Crippen LogP contribution is 2.36. The molecule has 3 atom stereocenters. The summed E-state index contributed by atoms with van der Waals surface area (Å²) in [4.78, 5) is 4.97. The molecule has 5 rings (SSSR count). The number of benzene rings is 1. The van der Waals surface area contributed by atoms with E-state index in [2.05, 4.69) is 22.5 Å². The molecule has 0 amide bonds. The van der Waals surface area contributed by atoms with Gasteiger partial charge in [-0.25, -0.2) is 9.67 Å². The lowest BCUT2D eigenvalue weighted by Gasteiger charge is -2.39. The molecular weight excluding hydrogens is 340 g/mol. The molecular formula is C20H24N6O. The van der Waals surface area contributed by atoms with Crippen LogP contribution in [0.4, 0.5) is 0 Å². The number of fused-ring (bicyclic) bond motifs is 1. The number of aromatic nitrogens is 5. The number of nitrogens with one attached hydrogen (secondary N) is 1. The first-order valence-electron chi connectivity index (χ1n) is 9.64. The number of morpholine rings is 1. The molecule has 1 aliphatic carbocycles. The Balaban J connectivity index is 1.53. The summed E-state index contributed by atoms with van der Waals surface area (Å²) in [6, 6.07) is 10.6. The first-order chi connectivity index (χ1) is 13.3. The molecule has 1 aromatic carbocycles. The molecule has 3 aromatic rings. The molecule has 1 saturated heterocycles. The molecule has 0 spiro atoms. The number of hydrogen-bond donors (Lipinski definition) is 1. The monoisotopic (exact) mass is 364 g/mol. The Morgan fingerprint density at radius 1 is 1.19 bits per heavy atom. The average molecular weight is 364 g/mol. The lowest BCUT2D eigenvalue weighted by molar-refractivity contribution is -0.0280. The van der Waals surface area contributed by atoms with Crippen molar-refractivity contribution in [2.75, 3.05) is 13.2 Å². The summed E-state index contributed by atoms with van der Waals surface area (Å²) in [6.45, 7) is 1.74. The van der Waals surface area contributed by atoms with Crippen molar-refractivity contribution in [3.05, 3.63) is 48.5 Å². The van der Waals surface area contributed by atoms with Gasteiger partial charge in [0.05, 0.1) is 25.1 Å². The highest BCUT2D eigenvalue weighted by molar-refractivity contribution is 5.54. The summed E-state index contributed by atoms with van der Waals surface area (Å²) in [6.07, 6.45) is 7.32. The van der Waals surface area contributed by atoms with Crippen molar-refractivity contribution in [3.63, 3.8) is 0 Å². The van der Waals surface area contributed by atoms with Crippen LogP contribution in [0.25, 0.3) is 17.1 Å². The van der Waals surface area contributed by atoms with Gasteiger partial charge < -0.3 is 10.1 Å². The highest BCUT2D eigenvalue weighted by atomic mass is 16.5. The van der Waals surface area contributed by atoms with Gasteiger partial charge in [0.2, 0.25) is 0 Å². The topological polar surface area (TPSA) is 69.8 Å². The lowest BCUT2D eigenvalue weighted by Crippen LogP contribution is -2.51.